The van der Waals surface area contributed by atoms with E-state index in [9.17, 15) is 14.7 Å². The quantitative estimate of drug-likeness (QED) is 0.574. The molecule has 1 amide bonds. The predicted molar refractivity (Wildman–Crippen MR) is 129 cm³/mol. The molecule has 1 aliphatic carbocycles. The topological polar surface area (TPSA) is 70.1 Å². The monoisotopic (exact) mass is 456 g/mol. The molecule has 0 aliphatic heterocycles. The lowest BCUT2D eigenvalue weighted by Crippen LogP contribution is -2.38. The number of ketones is 1. The van der Waals surface area contributed by atoms with Crippen LogP contribution in [0.25, 0.3) is 11.1 Å². The molecule has 6 nitrogen and oxygen atoms in total. The molecule has 3 rings (SSSR count). The zero-order chi connectivity index (χ0) is 23.5. The van der Waals surface area contributed by atoms with E-state index < -0.39 is 13.7 Å². The fourth-order valence-electron chi connectivity index (χ4n) is 3.78. The number of fused-ring (bicyclic) bond motifs is 3. The van der Waals surface area contributed by atoms with Gasteiger partial charge in [-0.2, -0.15) is 0 Å². The first-order chi connectivity index (χ1) is 15.1. The minimum absolute atomic E-state index is 0.0435. The Morgan fingerprint density at radius 2 is 1.56 bits per heavy atom. The molecule has 2 aromatic carbocycles. The number of rotatable bonds is 9. The van der Waals surface area contributed by atoms with Crippen molar-refractivity contribution in [2.45, 2.75) is 25.4 Å². The van der Waals surface area contributed by atoms with E-state index in [1.807, 2.05) is 36.0 Å². The van der Waals surface area contributed by atoms with Crippen LogP contribution < -0.4 is 0 Å². The van der Waals surface area contributed by atoms with Crippen molar-refractivity contribution >= 4 is 19.9 Å². The van der Waals surface area contributed by atoms with Gasteiger partial charge in [0.1, 0.15) is 12.2 Å². The van der Waals surface area contributed by atoms with Crippen LogP contribution in [0.2, 0.25) is 0 Å². The molecule has 2 aromatic rings. The van der Waals surface area contributed by atoms with Crippen LogP contribution in [-0.2, 0) is 9.53 Å². The summed E-state index contributed by atoms with van der Waals surface area (Å²) in [6, 6.07) is 16.6. The number of likely N-dealkylation sites (N-methyl/N-ethyl adjacent to an activating group) is 1. The van der Waals surface area contributed by atoms with Gasteiger partial charge >= 0.3 is 6.09 Å². The highest BCUT2D eigenvalue weighted by atomic mass is 31.1. The van der Waals surface area contributed by atoms with Crippen molar-refractivity contribution in [1.82, 2.24) is 9.57 Å². The van der Waals surface area contributed by atoms with Crippen LogP contribution in [0.1, 0.15) is 30.9 Å². The van der Waals surface area contributed by atoms with Crippen LogP contribution >= 0.6 is 8.07 Å². The number of hydrogen-bond donors (Lipinski definition) is 1. The van der Waals surface area contributed by atoms with Crippen LogP contribution in [0, 0.1) is 0 Å². The molecule has 1 atom stereocenters. The molecule has 0 bridgehead atoms. The molecule has 0 saturated heterocycles. The third kappa shape index (κ3) is 5.55. The summed E-state index contributed by atoms with van der Waals surface area (Å²) >= 11 is 0. The van der Waals surface area contributed by atoms with Crippen LogP contribution in [0.15, 0.2) is 48.5 Å². The second-order valence-electron chi connectivity index (χ2n) is 8.90. The Kier molecular flexibility index (Phi) is 7.71. The molecule has 7 heteroatoms. The van der Waals surface area contributed by atoms with Crippen LogP contribution in [-0.4, -0.2) is 78.8 Å². The molecule has 172 valence electrons. The van der Waals surface area contributed by atoms with Crippen LogP contribution in [0.5, 0.6) is 0 Å². The van der Waals surface area contributed by atoms with Crippen LogP contribution in [0.3, 0.4) is 0 Å². The molecule has 0 aromatic heterocycles. The standard InChI is InChI=1S/C25H33N2O4P/c1-25(2,30)23(28)16-27(4)32(5)15-14-26(3)24(29)31-17-22-20-12-8-6-10-18(20)19-11-7-9-13-21(19)22/h6-13,22,30H,14-17H2,1-5H3. The number of carbonyl (C=O) groups excluding carboxylic acids is 2. The number of ether oxygens (including phenoxy) is 1. The number of hydrogen-bond acceptors (Lipinski definition) is 5. The Balaban J connectivity index is 1.52. The van der Waals surface area contributed by atoms with Crippen molar-refractivity contribution in [2.75, 3.05) is 46.6 Å². The Labute approximate surface area is 192 Å². The fourth-order valence-corrected chi connectivity index (χ4v) is 5.08. The number of Topliss-reactive ketones (excluding diaryl/α,β-unsaturated/α-hetero) is 1. The Morgan fingerprint density at radius 3 is 2.09 bits per heavy atom. The van der Waals surface area contributed by atoms with E-state index in [0.29, 0.717) is 13.2 Å². The molecule has 0 spiro atoms. The predicted octanol–water partition coefficient (Wildman–Crippen LogP) is 4.17. The molecule has 1 unspecified atom stereocenters. The maximum Gasteiger partial charge on any atom is 0.409 e. The maximum absolute atomic E-state index is 12.6. The average molecular weight is 457 g/mol. The van der Waals surface area contributed by atoms with Gasteiger partial charge in [-0.25, -0.2) is 4.79 Å². The number of amides is 1. The van der Waals surface area contributed by atoms with E-state index >= 15 is 0 Å². The molecular weight excluding hydrogens is 423 g/mol. The third-order valence-corrected chi connectivity index (χ3v) is 8.20. The van der Waals surface area contributed by atoms with Crippen LogP contribution in [0.4, 0.5) is 4.79 Å². The normalized spacial score (nSPS) is 14.1. The summed E-state index contributed by atoms with van der Waals surface area (Å²) in [7, 11) is 3.00. The summed E-state index contributed by atoms with van der Waals surface area (Å²) < 4.78 is 7.66. The van der Waals surface area contributed by atoms with Gasteiger partial charge in [0.25, 0.3) is 0 Å². The second-order valence-corrected chi connectivity index (χ2v) is 11.4. The van der Waals surface area contributed by atoms with E-state index in [1.165, 1.54) is 36.1 Å². The first-order valence-electron chi connectivity index (χ1n) is 10.8. The lowest BCUT2D eigenvalue weighted by atomic mass is 9.98. The molecule has 1 aliphatic rings. The van der Waals surface area contributed by atoms with E-state index in [-0.39, 0.29) is 24.3 Å². The SMILES string of the molecule is CN(CCP(C)N(C)CC(=O)C(C)(C)O)C(=O)OCC1c2ccccc2-c2ccccc21. The highest BCUT2D eigenvalue weighted by molar-refractivity contribution is 7.54. The molecular formula is C25H33N2O4P. The first kappa shape index (κ1) is 24.4. The summed E-state index contributed by atoms with van der Waals surface area (Å²) in [6.45, 7) is 6.12. The molecule has 0 fully saturated rings. The number of carbonyl (C=O) groups is 2. The fraction of sp³-hybridized carbons (Fsp3) is 0.440. The van der Waals surface area contributed by atoms with Gasteiger partial charge in [0.15, 0.2) is 5.78 Å². The minimum atomic E-state index is -1.33. The lowest BCUT2D eigenvalue weighted by Gasteiger charge is -2.28. The smallest absolute Gasteiger partial charge is 0.409 e. The van der Waals surface area contributed by atoms with Gasteiger partial charge in [0.05, 0.1) is 6.54 Å². The van der Waals surface area contributed by atoms with Crippen molar-refractivity contribution in [2.24, 2.45) is 0 Å². The molecule has 32 heavy (non-hydrogen) atoms. The van der Waals surface area contributed by atoms with E-state index in [1.54, 1.807) is 11.9 Å². The Bertz CT molecular complexity index is 927. The zero-order valence-corrected chi connectivity index (χ0v) is 20.4. The minimum Gasteiger partial charge on any atom is -0.448 e. The highest BCUT2D eigenvalue weighted by Gasteiger charge is 2.30. The largest absolute Gasteiger partial charge is 0.448 e. The Hall–Kier alpha value is -2.27. The van der Waals surface area contributed by atoms with Gasteiger partial charge in [-0.1, -0.05) is 48.5 Å². The van der Waals surface area contributed by atoms with E-state index in [4.69, 9.17) is 4.74 Å². The second kappa shape index (κ2) is 10.1. The first-order valence-corrected chi connectivity index (χ1v) is 12.8. The van der Waals surface area contributed by atoms with Gasteiger partial charge in [-0.05, 0) is 64.0 Å². The van der Waals surface area contributed by atoms with Crippen molar-refractivity contribution in [3.63, 3.8) is 0 Å². The average Bonchev–Trinajstić information content (AvgIpc) is 3.08. The van der Waals surface area contributed by atoms with Crippen molar-refractivity contribution in [1.29, 1.82) is 0 Å². The molecule has 0 saturated carbocycles. The van der Waals surface area contributed by atoms with E-state index in [0.717, 1.165) is 6.16 Å². The highest BCUT2D eigenvalue weighted by Crippen LogP contribution is 2.44. The summed E-state index contributed by atoms with van der Waals surface area (Å²) in [5, 5.41) is 9.84. The molecule has 0 radical (unpaired) electrons. The summed E-state index contributed by atoms with van der Waals surface area (Å²) in [4.78, 5) is 26.3. The van der Waals surface area contributed by atoms with Gasteiger partial charge in [-0.3, -0.25) is 9.46 Å². The van der Waals surface area contributed by atoms with E-state index in [2.05, 4.69) is 30.9 Å². The summed E-state index contributed by atoms with van der Waals surface area (Å²) in [6.07, 6.45) is 0.413. The molecule has 1 N–H and O–H groups in total. The number of aliphatic hydroxyl groups is 1. The van der Waals surface area contributed by atoms with Gasteiger partial charge < -0.3 is 14.7 Å². The Morgan fingerprint density at radius 1 is 1.03 bits per heavy atom. The van der Waals surface area contributed by atoms with Crippen molar-refractivity contribution < 1.29 is 19.4 Å². The third-order valence-electron chi connectivity index (χ3n) is 6.04. The summed E-state index contributed by atoms with van der Waals surface area (Å²) in [5.74, 6) is -0.165. The lowest BCUT2D eigenvalue weighted by molar-refractivity contribution is -0.134. The number of nitrogens with zero attached hydrogens (tertiary/aromatic N) is 2. The maximum atomic E-state index is 12.6. The zero-order valence-electron chi connectivity index (χ0n) is 19.5. The van der Waals surface area contributed by atoms with Gasteiger partial charge in [0, 0.05) is 19.5 Å². The van der Waals surface area contributed by atoms with Crippen molar-refractivity contribution in [3.8, 4) is 11.1 Å². The van der Waals surface area contributed by atoms with Gasteiger partial charge in [0.2, 0.25) is 0 Å². The number of benzene rings is 2. The molecule has 0 heterocycles. The van der Waals surface area contributed by atoms with Gasteiger partial charge in [-0.15, -0.1) is 0 Å². The summed E-state index contributed by atoms with van der Waals surface area (Å²) in [5.41, 5.74) is 3.47. The van der Waals surface area contributed by atoms with Crippen molar-refractivity contribution in [3.05, 3.63) is 59.7 Å².